The molecular formula is C28H34N2O2. The predicted octanol–water partition coefficient (Wildman–Crippen LogP) is 6.13. The molecule has 1 aromatic heterocycles. The van der Waals surface area contributed by atoms with E-state index in [0.717, 1.165) is 55.2 Å². The molecule has 0 saturated heterocycles. The first-order chi connectivity index (χ1) is 15.6. The average Bonchev–Trinajstić information content (AvgIpc) is 2.81. The second kappa shape index (κ2) is 12.0. The Morgan fingerprint density at radius 2 is 1.97 bits per heavy atom. The lowest BCUT2D eigenvalue weighted by Gasteiger charge is -2.14. The van der Waals surface area contributed by atoms with Crippen molar-refractivity contribution in [3.05, 3.63) is 77.6 Å². The van der Waals surface area contributed by atoms with E-state index in [9.17, 15) is 4.79 Å². The number of unbranched alkanes of at least 4 members (excludes halogenated alkanes) is 1. The zero-order valence-electron chi connectivity index (χ0n) is 19.4. The second-order valence-electron chi connectivity index (χ2n) is 8.29. The van der Waals surface area contributed by atoms with E-state index in [4.69, 9.17) is 4.74 Å². The van der Waals surface area contributed by atoms with Gasteiger partial charge in [-0.15, -0.1) is 0 Å². The van der Waals surface area contributed by atoms with E-state index in [1.807, 2.05) is 30.5 Å². The van der Waals surface area contributed by atoms with Crippen LogP contribution in [0.5, 0.6) is 5.75 Å². The minimum atomic E-state index is -0.0499. The van der Waals surface area contributed by atoms with Crippen molar-refractivity contribution in [2.45, 2.75) is 58.4 Å². The third kappa shape index (κ3) is 6.43. The molecule has 3 aromatic rings. The minimum absolute atomic E-state index is 0.0499. The van der Waals surface area contributed by atoms with Gasteiger partial charge < -0.3 is 10.1 Å². The number of carbonyl (C=O) groups excluding carboxylic acids is 1. The lowest BCUT2D eigenvalue weighted by Crippen LogP contribution is -2.31. The fraction of sp³-hybridized carbons (Fsp3) is 0.357. The van der Waals surface area contributed by atoms with Gasteiger partial charge >= 0.3 is 0 Å². The lowest BCUT2D eigenvalue weighted by molar-refractivity contribution is -0.117. The van der Waals surface area contributed by atoms with Crippen LogP contribution >= 0.6 is 0 Å². The third-order valence-electron chi connectivity index (χ3n) is 5.80. The van der Waals surface area contributed by atoms with Gasteiger partial charge in [0.2, 0.25) is 5.91 Å². The molecule has 32 heavy (non-hydrogen) atoms. The molecule has 0 bridgehead atoms. The molecule has 0 aliphatic rings. The first-order valence-corrected chi connectivity index (χ1v) is 11.6. The second-order valence-corrected chi connectivity index (χ2v) is 8.29. The highest BCUT2D eigenvalue weighted by Gasteiger charge is 2.10. The molecule has 0 aliphatic carbocycles. The molecule has 1 amide bonds. The van der Waals surface area contributed by atoms with Crippen LogP contribution in [0.3, 0.4) is 0 Å². The van der Waals surface area contributed by atoms with E-state index in [1.165, 1.54) is 16.5 Å². The lowest BCUT2D eigenvalue weighted by atomic mass is 9.94. The fourth-order valence-corrected chi connectivity index (χ4v) is 4.06. The molecule has 1 atom stereocenters. The quantitative estimate of drug-likeness (QED) is 0.373. The van der Waals surface area contributed by atoms with Crippen LogP contribution in [0.25, 0.3) is 16.8 Å². The van der Waals surface area contributed by atoms with Crippen molar-refractivity contribution in [1.29, 1.82) is 0 Å². The topological polar surface area (TPSA) is 51.2 Å². The number of benzene rings is 2. The molecule has 0 aliphatic heterocycles. The number of hydrogen-bond donors (Lipinski definition) is 1. The number of hydrogen-bond acceptors (Lipinski definition) is 3. The molecule has 4 heteroatoms. The average molecular weight is 431 g/mol. The standard InChI is InChI=1S/C28H34N2O2/c1-4-5-12-24-23(15-17-26-25(24)13-7-14-27(26)32-3)16-18-28(31)30-21(2)9-6-10-22-11-8-19-29-20-22/h7-8,11,13-21H,4-6,9-10,12H2,1-3H3,(H,30,31)/b18-16+/t21-/m1/s1. The summed E-state index contributed by atoms with van der Waals surface area (Å²) in [5, 5.41) is 5.41. The van der Waals surface area contributed by atoms with Crippen molar-refractivity contribution in [1.82, 2.24) is 10.3 Å². The Morgan fingerprint density at radius 1 is 1.09 bits per heavy atom. The first-order valence-electron chi connectivity index (χ1n) is 11.6. The Kier molecular flexibility index (Phi) is 8.85. The number of amides is 1. The molecule has 2 aromatic carbocycles. The van der Waals surface area contributed by atoms with Crippen LogP contribution in [0.1, 0.15) is 56.2 Å². The summed E-state index contributed by atoms with van der Waals surface area (Å²) in [6, 6.07) is 14.5. The summed E-state index contributed by atoms with van der Waals surface area (Å²) in [5.41, 5.74) is 3.61. The molecule has 4 nitrogen and oxygen atoms in total. The molecule has 0 spiro atoms. The largest absolute Gasteiger partial charge is 0.496 e. The number of aryl methyl sites for hydroxylation is 2. The maximum Gasteiger partial charge on any atom is 0.244 e. The molecule has 0 saturated carbocycles. The van der Waals surface area contributed by atoms with Crippen molar-refractivity contribution in [3.8, 4) is 5.75 Å². The van der Waals surface area contributed by atoms with Gasteiger partial charge in [0.25, 0.3) is 0 Å². The molecule has 0 radical (unpaired) electrons. The van der Waals surface area contributed by atoms with Gasteiger partial charge in [-0.25, -0.2) is 0 Å². The number of pyridine rings is 1. The maximum absolute atomic E-state index is 12.5. The van der Waals surface area contributed by atoms with E-state index in [-0.39, 0.29) is 11.9 Å². The van der Waals surface area contributed by atoms with Crippen LogP contribution in [0.2, 0.25) is 0 Å². The molecule has 168 valence electrons. The maximum atomic E-state index is 12.5. The van der Waals surface area contributed by atoms with E-state index in [1.54, 1.807) is 19.4 Å². The number of rotatable bonds is 11. The summed E-state index contributed by atoms with van der Waals surface area (Å²) in [4.78, 5) is 16.7. The summed E-state index contributed by atoms with van der Waals surface area (Å²) < 4.78 is 5.54. The third-order valence-corrected chi connectivity index (χ3v) is 5.80. The van der Waals surface area contributed by atoms with Crippen molar-refractivity contribution < 1.29 is 9.53 Å². The van der Waals surface area contributed by atoms with Crippen LogP contribution in [0.4, 0.5) is 0 Å². The zero-order valence-corrected chi connectivity index (χ0v) is 19.4. The number of aromatic nitrogens is 1. The molecule has 1 N–H and O–H groups in total. The smallest absolute Gasteiger partial charge is 0.244 e. The van der Waals surface area contributed by atoms with Crippen LogP contribution < -0.4 is 10.1 Å². The number of methoxy groups -OCH3 is 1. The van der Waals surface area contributed by atoms with Gasteiger partial charge in [0.05, 0.1) is 7.11 Å². The Labute approximate surface area is 191 Å². The van der Waals surface area contributed by atoms with Crippen LogP contribution in [0, 0.1) is 0 Å². The van der Waals surface area contributed by atoms with Crippen LogP contribution in [0.15, 0.2) is 60.9 Å². The molecule has 3 rings (SSSR count). The fourth-order valence-electron chi connectivity index (χ4n) is 4.06. The van der Waals surface area contributed by atoms with E-state index < -0.39 is 0 Å². The van der Waals surface area contributed by atoms with Crippen molar-refractivity contribution in [2.75, 3.05) is 7.11 Å². The van der Waals surface area contributed by atoms with E-state index in [2.05, 4.69) is 48.4 Å². The Balaban J connectivity index is 1.65. The van der Waals surface area contributed by atoms with E-state index >= 15 is 0 Å². The molecule has 0 unspecified atom stereocenters. The highest BCUT2D eigenvalue weighted by Crippen LogP contribution is 2.31. The zero-order chi connectivity index (χ0) is 22.8. The van der Waals surface area contributed by atoms with Crippen LogP contribution in [-0.4, -0.2) is 24.0 Å². The van der Waals surface area contributed by atoms with Crippen LogP contribution in [-0.2, 0) is 17.6 Å². The number of ether oxygens (including phenoxy) is 1. The first kappa shape index (κ1) is 23.5. The van der Waals surface area contributed by atoms with Gasteiger partial charge in [0.1, 0.15) is 5.75 Å². The Hall–Kier alpha value is -3.14. The summed E-state index contributed by atoms with van der Waals surface area (Å²) in [6.07, 6.45) is 13.4. The Morgan fingerprint density at radius 3 is 2.72 bits per heavy atom. The minimum Gasteiger partial charge on any atom is -0.496 e. The van der Waals surface area contributed by atoms with Gasteiger partial charge in [-0.05, 0) is 79.3 Å². The molecule has 0 fully saturated rings. The summed E-state index contributed by atoms with van der Waals surface area (Å²) in [5.74, 6) is 0.833. The number of nitrogens with one attached hydrogen (secondary N) is 1. The molecule has 1 heterocycles. The number of fused-ring (bicyclic) bond motifs is 1. The van der Waals surface area contributed by atoms with Gasteiger partial charge in [-0.2, -0.15) is 0 Å². The van der Waals surface area contributed by atoms with Crippen molar-refractivity contribution in [2.24, 2.45) is 0 Å². The summed E-state index contributed by atoms with van der Waals surface area (Å²) in [6.45, 7) is 4.26. The molecular weight excluding hydrogens is 396 g/mol. The number of carbonyl (C=O) groups is 1. The van der Waals surface area contributed by atoms with E-state index in [0.29, 0.717) is 0 Å². The highest BCUT2D eigenvalue weighted by atomic mass is 16.5. The van der Waals surface area contributed by atoms with Gasteiger partial charge in [0.15, 0.2) is 0 Å². The predicted molar refractivity (Wildman–Crippen MR) is 133 cm³/mol. The SMILES string of the molecule is CCCCc1c(/C=C/C(=O)N[C@H](C)CCCc2cccnc2)ccc2c(OC)cccc12. The van der Waals surface area contributed by atoms with Gasteiger partial charge in [-0.3, -0.25) is 9.78 Å². The van der Waals surface area contributed by atoms with Gasteiger partial charge in [0, 0.05) is 29.9 Å². The summed E-state index contributed by atoms with van der Waals surface area (Å²) >= 11 is 0. The summed E-state index contributed by atoms with van der Waals surface area (Å²) in [7, 11) is 1.70. The Bertz CT molecular complexity index is 1040. The van der Waals surface area contributed by atoms with Gasteiger partial charge in [-0.1, -0.05) is 43.7 Å². The monoisotopic (exact) mass is 430 g/mol. The number of nitrogens with zero attached hydrogens (tertiary/aromatic N) is 1. The highest BCUT2D eigenvalue weighted by molar-refractivity contribution is 5.96. The van der Waals surface area contributed by atoms with Crippen molar-refractivity contribution in [3.63, 3.8) is 0 Å². The normalized spacial score (nSPS) is 12.2. The van der Waals surface area contributed by atoms with Crippen molar-refractivity contribution >= 4 is 22.8 Å².